The van der Waals surface area contributed by atoms with Crippen LogP contribution in [0.3, 0.4) is 0 Å². The molecule has 0 unspecified atom stereocenters. The number of aromatic nitrogens is 3. The van der Waals surface area contributed by atoms with Crippen molar-refractivity contribution in [3.63, 3.8) is 0 Å². The number of anilines is 4. The average molecular weight is 605 g/mol. The zero-order valence-electron chi connectivity index (χ0n) is 23.9. The third kappa shape index (κ3) is 11.5. The van der Waals surface area contributed by atoms with Gasteiger partial charge in [-0.25, -0.2) is 0 Å². The van der Waals surface area contributed by atoms with Gasteiger partial charge in [0.2, 0.25) is 17.8 Å². The summed E-state index contributed by atoms with van der Waals surface area (Å²) in [6.45, 7) is 3.80. The Morgan fingerprint density at radius 1 is 0.744 bits per heavy atom. The Morgan fingerprint density at radius 3 is 2.23 bits per heavy atom. The second-order valence-electron chi connectivity index (χ2n) is 9.42. The molecule has 1 aromatic heterocycles. The Morgan fingerprint density at radius 2 is 1.47 bits per heavy atom. The van der Waals surface area contributed by atoms with Crippen molar-refractivity contribution in [1.29, 1.82) is 0 Å². The molecule has 4 aromatic rings. The Labute approximate surface area is 256 Å². The second kappa shape index (κ2) is 17.6. The van der Waals surface area contributed by atoms with Crippen LogP contribution in [0.15, 0.2) is 78.9 Å². The molecule has 1 amide bonds. The maximum Gasteiger partial charge on any atom is 0.251 e. The topological polar surface area (TPSA) is 148 Å². The average Bonchev–Trinajstić information content (AvgIpc) is 3.02. The molecule has 4 rings (SSSR count). The molecule has 3 aromatic carbocycles. The highest BCUT2D eigenvalue weighted by atomic mass is 35.5. The number of amides is 1. The van der Waals surface area contributed by atoms with Crippen LogP contribution in [0.5, 0.6) is 0 Å². The van der Waals surface area contributed by atoms with Gasteiger partial charge in [-0.3, -0.25) is 4.79 Å². The molecule has 1 heterocycles. The van der Waals surface area contributed by atoms with Crippen LogP contribution in [-0.2, 0) is 22.4 Å². The monoisotopic (exact) mass is 604 g/mol. The van der Waals surface area contributed by atoms with Gasteiger partial charge in [0.05, 0.1) is 26.4 Å². The minimum absolute atomic E-state index is 0.212. The standard InChI is InChI=1S/C31H37ClN8O3/c32-26-11-9-24(10-12-26)22-36-30-38-29(35-15-13-23-5-2-1-3-6-23)39-31(40-30)37-27-8-4-7-25(21-27)28(41)34-16-18-43-20-19-42-17-14-33/h1-12,21H,13-20,22,33H2,(H,34,41)(H3,35,36,37,38,39,40). The molecule has 0 atom stereocenters. The molecule has 0 spiro atoms. The normalized spacial score (nSPS) is 10.7. The predicted molar refractivity (Wildman–Crippen MR) is 170 cm³/mol. The van der Waals surface area contributed by atoms with Crippen LogP contribution in [0, 0.1) is 0 Å². The van der Waals surface area contributed by atoms with E-state index < -0.39 is 0 Å². The Kier molecular flexibility index (Phi) is 13.0. The molecule has 0 radical (unpaired) electrons. The highest BCUT2D eigenvalue weighted by Gasteiger charge is 2.10. The summed E-state index contributed by atoms with van der Waals surface area (Å²) in [6.07, 6.45) is 0.813. The van der Waals surface area contributed by atoms with E-state index in [1.165, 1.54) is 5.56 Å². The highest BCUT2D eigenvalue weighted by Crippen LogP contribution is 2.18. The molecule has 0 saturated heterocycles. The van der Waals surface area contributed by atoms with Crippen molar-refractivity contribution in [2.45, 2.75) is 13.0 Å². The summed E-state index contributed by atoms with van der Waals surface area (Å²) in [6, 6.07) is 24.9. The summed E-state index contributed by atoms with van der Waals surface area (Å²) >= 11 is 6.02. The van der Waals surface area contributed by atoms with Crippen molar-refractivity contribution in [2.24, 2.45) is 5.73 Å². The van der Waals surface area contributed by atoms with Gasteiger partial charge < -0.3 is 36.5 Å². The van der Waals surface area contributed by atoms with Crippen LogP contribution in [0.1, 0.15) is 21.5 Å². The number of ether oxygens (including phenoxy) is 2. The molecule has 0 bridgehead atoms. The van der Waals surface area contributed by atoms with Gasteiger partial charge >= 0.3 is 0 Å². The van der Waals surface area contributed by atoms with E-state index in [2.05, 4.69) is 48.4 Å². The van der Waals surface area contributed by atoms with Gasteiger partial charge in [-0.05, 0) is 47.9 Å². The Hall–Kier alpha value is -4.29. The van der Waals surface area contributed by atoms with Gasteiger partial charge in [-0.15, -0.1) is 0 Å². The smallest absolute Gasteiger partial charge is 0.251 e. The summed E-state index contributed by atoms with van der Waals surface area (Å²) in [4.78, 5) is 26.4. The zero-order chi connectivity index (χ0) is 30.1. The molecule has 0 aliphatic heterocycles. The van der Waals surface area contributed by atoms with E-state index in [-0.39, 0.29) is 5.91 Å². The molecular formula is C31H37ClN8O3. The van der Waals surface area contributed by atoms with E-state index >= 15 is 0 Å². The van der Waals surface area contributed by atoms with Crippen molar-refractivity contribution in [3.8, 4) is 0 Å². The number of carbonyl (C=O) groups is 1. The van der Waals surface area contributed by atoms with E-state index in [1.807, 2.05) is 48.5 Å². The van der Waals surface area contributed by atoms with E-state index in [9.17, 15) is 4.79 Å². The van der Waals surface area contributed by atoms with Gasteiger partial charge in [0.25, 0.3) is 5.91 Å². The van der Waals surface area contributed by atoms with Gasteiger partial charge in [-0.1, -0.05) is 60.1 Å². The molecule has 0 saturated carbocycles. The molecule has 226 valence electrons. The molecule has 6 N–H and O–H groups in total. The van der Waals surface area contributed by atoms with Crippen LogP contribution in [0.4, 0.5) is 23.5 Å². The number of hydrogen-bond donors (Lipinski definition) is 5. The van der Waals surface area contributed by atoms with E-state index in [0.29, 0.717) is 86.7 Å². The summed E-state index contributed by atoms with van der Waals surface area (Å²) in [5, 5.41) is 13.3. The lowest BCUT2D eigenvalue weighted by atomic mass is 10.1. The van der Waals surface area contributed by atoms with Crippen molar-refractivity contribution in [1.82, 2.24) is 20.3 Å². The number of carbonyl (C=O) groups excluding carboxylic acids is 1. The third-order valence-corrected chi connectivity index (χ3v) is 6.34. The fourth-order valence-corrected chi connectivity index (χ4v) is 4.07. The fourth-order valence-electron chi connectivity index (χ4n) is 3.95. The first-order chi connectivity index (χ1) is 21.1. The quantitative estimate of drug-likeness (QED) is 0.104. The van der Waals surface area contributed by atoms with E-state index in [1.54, 1.807) is 18.2 Å². The fraction of sp³-hybridized carbons (Fsp3) is 0.290. The number of nitrogens with one attached hydrogen (secondary N) is 4. The minimum atomic E-state index is -0.212. The van der Waals surface area contributed by atoms with Crippen LogP contribution in [0.25, 0.3) is 0 Å². The lowest BCUT2D eigenvalue weighted by Crippen LogP contribution is -2.27. The van der Waals surface area contributed by atoms with Crippen LogP contribution < -0.4 is 27.0 Å². The van der Waals surface area contributed by atoms with Crippen molar-refractivity contribution in [2.75, 3.05) is 62.0 Å². The first kappa shape index (κ1) is 31.6. The van der Waals surface area contributed by atoms with Crippen molar-refractivity contribution in [3.05, 3.63) is 101 Å². The summed E-state index contributed by atoms with van der Waals surface area (Å²) in [5.41, 5.74) is 8.77. The summed E-state index contributed by atoms with van der Waals surface area (Å²) < 4.78 is 10.7. The van der Waals surface area contributed by atoms with Crippen molar-refractivity contribution < 1.29 is 14.3 Å². The van der Waals surface area contributed by atoms with Crippen LogP contribution >= 0.6 is 11.6 Å². The molecule has 11 nitrogen and oxygen atoms in total. The zero-order valence-corrected chi connectivity index (χ0v) is 24.6. The van der Waals surface area contributed by atoms with Gasteiger partial charge in [-0.2, -0.15) is 15.0 Å². The molecule has 0 fully saturated rings. The molecule has 12 heteroatoms. The first-order valence-corrected chi connectivity index (χ1v) is 14.5. The molecule has 43 heavy (non-hydrogen) atoms. The van der Waals surface area contributed by atoms with Crippen molar-refractivity contribution >= 4 is 41.0 Å². The Bertz CT molecular complexity index is 1410. The van der Waals surface area contributed by atoms with Gasteiger partial charge in [0.15, 0.2) is 0 Å². The number of nitrogens with zero attached hydrogens (tertiary/aromatic N) is 3. The first-order valence-electron chi connectivity index (χ1n) is 14.1. The highest BCUT2D eigenvalue weighted by molar-refractivity contribution is 6.30. The van der Waals surface area contributed by atoms with Crippen LogP contribution in [0.2, 0.25) is 5.02 Å². The SMILES string of the molecule is NCCOCCOCCNC(=O)c1cccc(Nc2nc(NCCc3ccccc3)nc(NCc3ccc(Cl)cc3)n2)c1. The van der Waals surface area contributed by atoms with E-state index in [0.717, 1.165) is 12.0 Å². The molecule has 0 aliphatic rings. The summed E-state index contributed by atoms with van der Waals surface area (Å²) in [7, 11) is 0. The Balaban J connectivity index is 1.37. The lowest BCUT2D eigenvalue weighted by molar-refractivity contribution is 0.0511. The second-order valence-corrected chi connectivity index (χ2v) is 9.86. The van der Waals surface area contributed by atoms with E-state index in [4.69, 9.17) is 26.8 Å². The van der Waals surface area contributed by atoms with Crippen LogP contribution in [-0.4, -0.2) is 66.9 Å². The predicted octanol–water partition coefficient (Wildman–Crippen LogP) is 4.26. The lowest BCUT2D eigenvalue weighted by Gasteiger charge is -2.12. The van der Waals surface area contributed by atoms with Gasteiger partial charge in [0, 0.05) is 42.5 Å². The number of benzene rings is 3. The number of rotatable bonds is 18. The molecular weight excluding hydrogens is 568 g/mol. The largest absolute Gasteiger partial charge is 0.378 e. The summed E-state index contributed by atoms with van der Waals surface area (Å²) in [5.74, 6) is 0.945. The number of halogens is 1. The van der Waals surface area contributed by atoms with Gasteiger partial charge in [0.1, 0.15) is 0 Å². The third-order valence-electron chi connectivity index (χ3n) is 6.09. The maximum absolute atomic E-state index is 12.7. The maximum atomic E-state index is 12.7. The number of hydrogen-bond acceptors (Lipinski definition) is 10. The number of nitrogens with two attached hydrogens (primary N) is 1. The molecule has 0 aliphatic carbocycles. The minimum Gasteiger partial charge on any atom is -0.378 e.